The van der Waals surface area contributed by atoms with E-state index >= 15 is 0 Å². The van der Waals surface area contributed by atoms with Crippen LogP contribution in [0.4, 0.5) is 0 Å². The summed E-state index contributed by atoms with van der Waals surface area (Å²) >= 11 is 0. The van der Waals surface area contributed by atoms with Gasteiger partial charge in [0.2, 0.25) is 0 Å². The minimum absolute atomic E-state index is 0.460. The Kier molecular flexibility index (Phi) is 1.39. The van der Waals surface area contributed by atoms with Gasteiger partial charge in [0.05, 0.1) is 17.7 Å². The van der Waals surface area contributed by atoms with Crippen molar-refractivity contribution in [2.75, 3.05) is 13.2 Å². The van der Waals surface area contributed by atoms with Crippen LogP contribution in [0.25, 0.3) is 0 Å². The van der Waals surface area contributed by atoms with Gasteiger partial charge < -0.3 is 15.0 Å². The Bertz CT molecular complexity index is 317. The first-order valence-corrected chi connectivity index (χ1v) is 4.64. The second kappa shape index (κ2) is 2.55. The standard InChI is InChI=1S/C10H12N2O/c1-2-5-12-9-4-6-13-7-8(9)11-10(12)3-1/h1-2,4,6,10-11H,3,5,7H2. The summed E-state index contributed by atoms with van der Waals surface area (Å²) in [5.41, 5.74) is 2.54. The van der Waals surface area contributed by atoms with Gasteiger partial charge in [0.15, 0.2) is 0 Å². The van der Waals surface area contributed by atoms with Gasteiger partial charge in [0.1, 0.15) is 12.8 Å². The molecule has 0 bridgehead atoms. The van der Waals surface area contributed by atoms with Crippen LogP contribution in [-0.2, 0) is 4.74 Å². The van der Waals surface area contributed by atoms with Crippen LogP contribution >= 0.6 is 0 Å². The van der Waals surface area contributed by atoms with Gasteiger partial charge in [0, 0.05) is 13.0 Å². The van der Waals surface area contributed by atoms with Crippen molar-refractivity contribution in [3.05, 3.63) is 35.9 Å². The number of hydrogen-bond acceptors (Lipinski definition) is 3. The lowest BCUT2D eigenvalue weighted by molar-refractivity contribution is 0.267. The van der Waals surface area contributed by atoms with Gasteiger partial charge in [-0.25, -0.2) is 0 Å². The number of ether oxygens (including phenoxy) is 1. The van der Waals surface area contributed by atoms with E-state index in [1.165, 1.54) is 11.4 Å². The fourth-order valence-corrected chi connectivity index (χ4v) is 2.08. The van der Waals surface area contributed by atoms with E-state index in [9.17, 15) is 0 Å². The van der Waals surface area contributed by atoms with E-state index in [2.05, 4.69) is 22.4 Å². The quantitative estimate of drug-likeness (QED) is 0.556. The minimum atomic E-state index is 0.460. The maximum atomic E-state index is 5.24. The Morgan fingerprint density at radius 3 is 3.46 bits per heavy atom. The molecular formula is C10H12N2O. The third kappa shape index (κ3) is 0.963. The van der Waals surface area contributed by atoms with Gasteiger partial charge in [-0.2, -0.15) is 0 Å². The lowest BCUT2D eigenvalue weighted by Crippen LogP contribution is -2.38. The maximum Gasteiger partial charge on any atom is 0.129 e. The Labute approximate surface area is 77.4 Å². The van der Waals surface area contributed by atoms with Crippen LogP contribution in [-0.4, -0.2) is 24.2 Å². The zero-order valence-electron chi connectivity index (χ0n) is 7.36. The van der Waals surface area contributed by atoms with Crippen molar-refractivity contribution in [1.82, 2.24) is 10.2 Å². The van der Waals surface area contributed by atoms with Crippen molar-refractivity contribution in [3.63, 3.8) is 0 Å². The van der Waals surface area contributed by atoms with E-state index in [0.717, 1.165) is 13.0 Å². The summed E-state index contributed by atoms with van der Waals surface area (Å²) in [6.07, 6.45) is 9.82. The van der Waals surface area contributed by atoms with Crippen LogP contribution in [0.2, 0.25) is 0 Å². The number of nitrogens with zero attached hydrogens (tertiary/aromatic N) is 1. The molecule has 3 heteroatoms. The molecular weight excluding hydrogens is 164 g/mol. The van der Waals surface area contributed by atoms with Crippen molar-refractivity contribution >= 4 is 0 Å². The second-order valence-corrected chi connectivity index (χ2v) is 3.50. The SMILES string of the molecule is C1=CCN2C3=C(COC=C3)NC2C1. The van der Waals surface area contributed by atoms with Crippen LogP contribution < -0.4 is 5.32 Å². The van der Waals surface area contributed by atoms with Gasteiger partial charge in [-0.05, 0) is 6.08 Å². The molecule has 3 heterocycles. The zero-order valence-corrected chi connectivity index (χ0v) is 7.36. The minimum Gasteiger partial charge on any atom is -0.495 e. The number of hydrogen-bond donors (Lipinski definition) is 1. The van der Waals surface area contributed by atoms with Crippen molar-refractivity contribution < 1.29 is 4.74 Å². The molecule has 13 heavy (non-hydrogen) atoms. The first-order valence-electron chi connectivity index (χ1n) is 4.64. The predicted octanol–water partition coefficient (Wildman–Crippen LogP) is 0.933. The third-order valence-electron chi connectivity index (χ3n) is 2.71. The number of fused-ring (bicyclic) bond motifs is 2. The molecule has 0 saturated heterocycles. The summed E-state index contributed by atoms with van der Waals surface area (Å²) in [6, 6.07) is 0. The molecule has 3 rings (SSSR count). The van der Waals surface area contributed by atoms with E-state index in [1.54, 1.807) is 6.26 Å². The van der Waals surface area contributed by atoms with E-state index < -0.39 is 0 Å². The van der Waals surface area contributed by atoms with Crippen molar-refractivity contribution in [1.29, 1.82) is 0 Å². The highest BCUT2D eigenvalue weighted by Gasteiger charge is 2.30. The van der Waals surface area contributed by atoms with Crippen molar-refractivity contribution in [3.8, 4) is 0 Å². The molecule has 1 atom stereocenters. The number of rotatable bonds is 0. The fraction of sp³-hybridized carbons (Fsp3) is 0.400. The van der Waals surface area contributed by atoms with Crippen LogP contribution in [0.1, 0.15) is 6.42 Å². The Morgan fingerprint density at radius 2 is 2.46 bits per heavy atom. The monoisotopic (exact) mass is 176 g/mol. The summed E-state index contributed by atoms with van der Waals surface area (Å²) in [5.74, 6) is 0. The molecule has 0 amide bonds. The molecule has 0 aromatic rings. The van der Waals surface area contributed by atoms with Crippen molar-refractivity contribution in [2.45, 2.75) is 12.6 Å². The molecule has 1 unspecified atom stereocenters. The molecule has 0 aliphatic carbocycles. The molecule has 0 fully saturated rings. The Hall–Kier alpha value is -1.38. The largest absolute Gasteiger partial charge is 0.495 e. The van der Waals surface area contributed by atoms with Gasteiger partial charge in [-0.1, -0.05) is 12.2 Å². The topological polar surface area (TPSA) is 24.5 Å². The Morgan fingerprint density at radius 1 is 1.46 bits per heavy atom. The molecule has 0 spiro atoms. The van der Waals surface area contributed by atoms with E-state index in [0.29, 0.717) is 12.8 Å². The zero-order chi connectivity index (χ0) is 8.67. The molecule has 0 aromatic carbocycles. The second-order valence-electron chi connectivity index (χ2n) is 3.50. The predicted molar refractivity (Wildman–Crippen MR) is 49.5 cm³/mol. The van der Waals surface area contributed by atoms with Gasteiger partial charge >= 0.3 is 0 Å². The van der Waals surface area contributed by atoms with E-state index in [1.807, 2.05) is 6.08 Å². The summed E-state index contributed by atoms with van der Waals surface area (Å²) in [5, 5.41) is 3.47. The summed E-state index contributed by atoms with van der Waals surface area (Å²) in [4.78, 5) is 2.38. The summed E-state index contributed by atoms with van der Waals surface area (Å²) in [7, 11) is 0. The first-order chi connectivity index (χ1) is 6.45. The maximum absolute atomic E-state index is 5.24. The summed E-state index contributed by atoms with van der Waals surface area (Å²) < 4.78 is 5.24. The molecule has 68 valence electrons. The highest BCUT2D eigenvalue weighted by molar-refractivity contribution is 5.32. The molecule has 0 aromatic heterocycles. The molecule has 3 aliphatic heterocycles. The molecule has 0 radical (unpaired) electrons. The molecule has 1 N–H and O–H groups in total. The lowest BCUT2D eigenvalue weighted by Gasteiger charge is -2.29. The van der Waals surface area contributed by atoms with Gasteiger partial charge in [-0.3, -0.25) is 0 Å². The van der Waals surface area contributed by atoms with Crippen molar-refractivity contribution in [2.24, 2.45) is 0 Å². The fourth-order valence-electron chi connectivity index (χ4n) is 2.08. The first kappa shape index (κ1) is 7.06. The van der Waals surface area contributed by atoms with E-state index in [4.69, 9.17) is 4.74 Å². The van der Waals surface area contributed by atoms with Crippen LogP contribution in [0, 0.1) is 0 Å². The molecule has 3 nitrogen and oxygen atoms in total. The smallest absolute Gasteiger partial charge is 0.129 e. The lowest BCUT2D eigenvalue weighted by atomic mass is 10.2. The number of allylic oxidation sites excluding steroid dienone is 1. The van der Waals surface area contributed by atoms with Crippen LogP contribution in [0.3, 0.4) is 0 Å². The number of nitrogens with one attached hydrogen (secondary N) is 1. The summed E-state index contributed by atoms with van der Waals surface area (Å²) in [6.45, 7) is 1.71. The van der Waals surface area contributed by atoms with Gasteiger partial charge in [-0.15, -0.1) is 0 Å². The highest BCUT2D eigenvalue weighted by atomic mass is 16.5. The highest BCUT2D eigenvalue weighted by Crippen LogP contribution is 2.27. The molecule has 3 aliphatic rings. The average Bonchev–Trinajstić information content (AvgIpc) is 2.56. The molecule has 0 saturated carbocycles. The third-order valence-corrected chi connectivity index (χ3v) is 2.71. The normalized spacial score (nSPS) is 29.5. The average molecular weight is 176 g/mol. The van der Waals surface area contributed by atoms with Gasteiger partial charge in [0.25, 0.3) is 0 Å². The van der Waals surface area contributed by atoms with E-state index in [-0.39, 0.29) is 0 Å². The Balaban J connectivity index is 1.94. The van der Waals surface area contributed by atoms with Crippen LogP contribution in [0.5, 0.6) is 0 Å². The van der Waals surface area contributed by atoms with Crippen LogP contribution in [0.15, 0.2) is 35.9 Å².